The molecule has 3 rings (SSSR count). The Balaban J connectivity index is 1.63. The Kier molecular flexibility index (Phi) is 7.63. The number of carbonyl (C=O) groups excluding carboxylic acids is 2. The van der Waals surface area contributed by atoms with Crippen LogP contribution in [0.2, 0.25) is 0 Å². The van der Waals surface area contributed by atoms with Crippen LogP contribution in [0.1, 0.15) is 32.8 Å². The number of amides is 2. The minimum Gasteiger partial charge on any atom is -0.437 e. The highest BCUT2D eigenvalue weighted by Gasteiger charge is 2.31. The number of nitrogens with zero attached hydrogens (tertiary/aromatic N) is 1. The van der Waals surface area contributed by atoms with Gasteiger partial charge in [-0.05, 0) is 47.9 Å². The molecule has 0 aliphatic heterocycles. The molecule has 0 bridgehead atoms. The molecular weight excluding hydrogens is 463 g/mol. The van der Waals surface area contributed by atoms with E-state index in [2.05, 4.69) is 20.4 Å². The molecular formula is C25H24F3N3O4. The number of pyridine rings is 1. The molecule has 0 aliphatic carbocycles. The quantitative estimate of drug-likeness (QED) is 0.397. The highest BCUT2D eigenvalue weighted by molar-refractivity contribution is 6.08. The molecule has 2 amide bonds. The Morgan fingerprint density at radius 2 is 1.54 bits per heavy atom. The fraction of sp³-hybridized carbons (Fsp3) is 0.240. The lowest BCUT2D eigenvalue weighted by molar-refractivity contribution is -0.274. The third-order valence-electron chi connectivity index (χ3n) is 4.64. The summed E-state index contributed by atoms with van der Waals surface area (Å²) in [6, 6.07) is 15.3. The van der Waals surface area contributed by atoms with E-state index in [1.54, 1.807) is 18.2 Å². The zero-order valence-electron chi connectivity index (χ0n) is 19.3. The lowest BCUT2D eigenvalue weighted by Crippen LogP contribution is -2.22. The van der Waals surface area contributed by atoms with Crippen molar-refractivity contribution in [1.82, 2.24) is 4.98 Å². The molecule has 10 heteroatoms. The number of para-hydroxylation sites is 1. The molecule has 0 fully saturated rings. The van der Waals surface area contributed by atoms with Crippen LogP contribution in [0.4, 0.5) is 24.5 Å². The van der Waals surface area contributed by atoms with E-state index in [-0.39, 0.29) is 22.7 Å². The first-order valence-electron chi connectivity index (χ1n) is 10.6. The zero-order chi connectivity index (χ0) is 25.6. The third-order valence-corrected chi connectivity index (χ3v) is 4.64. The Morgan fingerprint density at radius 1 is 0.886 bits per heavy atom. The number of hydrogen-bond donors (Lipinski definition) is 2. The number of rotatable bonds is 7. The summed E-state index contributed by atoms with van der Waals surface area (Å²) >= 11 is 0. The summed E-state index contributed by atoms with van der Waals surface area (Å²) in [6.45, 7) is 6.14. The van der Waals surface area contributed by atoms with Crippen molar-refractivity contribution >= 4 is 23.2 Å². The van der Waals surface area contributed by atoms with Gasteiger partial charge < -0.3 is 20.1 Å². The summed E-state index contributed by atoms with van der Waals surface area (Å²) in [7, 11) is 0. The topological polar surface area (TPSA) is 89.5 Å². The summed E-state index contributed by atoms with van der Waals surface area (Å²) in [4.78, 5) is 28.9. The lowest BCUT2D eigenvalue weighted by Gasteiger charge is -2.22. The first kappa shape index (κ1) is 25.5. The molecule has 0 saturated carbocycles. The number of aromatic nitrogens is 1. The number of nitrogens with one attached hydrogen (secondary N) is 2. The van der Waals surface area contributed by atoms with Gasteiger partial charge in [0.25, 0.3) is 0 Å². The van der Waals surface area contributed by atoms with E-state index in [4.69, 9.17) is 4.74 Å². The monoisotopic (exact) mass is 487 g/mol. The fourth-order valence-electron chi connectivity index (χ4n) is 3.13. The SMILES string of the molecule is CC(C)(C)c1ccccc1Oc1ncccc1NC(=O)CC(=O)Nc1ccc(OC(F)(F)F)cc1. The van der Waals surface area contributed by atoms with Gasteiger partial charge in [0.15, 0.2) is 0 Å². The smallest absolute Gasteiger partial charge is 0.437 e. The van der Waals surface area contributed by atoms with Gasteiger partial charge in [0.1, 0.15) is 23.6 Å². The predicted octanol–water partition coefficient (Wildman–Crippen LogP) is 6.04. The molecule has 1 heterocycles. The first-order valence-corrected chi connectivity index (χ1v) is 10.6. The van der Waals surface area contributed by atoms with Crippen LogP contribution in [0.5, 0.6) is 17.4 Å². The van der Waals surface area contributed by atoms with Crippen LogP contribution in [-0.4, -0.2) is 23.2 Å². The normalized spacial score (nSPS) is 11.5. The van der Waals surface area contributed by atoms with Crippen molar-refractivity contribution in [3.63, 3.8) is 0 Å². The van der Waals surface area contributed by atoms with Crippen LogP contribution >= 0.6 is 0 Å². The summed E-state index contributed by atoms with van der Waals surface area (Å²) in [5, 5.41) is 5.05. The van der Waals surface area contributed by atoms with Gasteiger partial charge in [0.2, 0.25) is 17.7 Å². The van der Waals surface area contributed by atoms with Gasteiger partial charge in [-0.25, -0.2) is 4.98 Å². The maximum Gasteiger partial charge on any atom is 0.573 e. The van der Waals surface area contributed by atoms with E-state index >= 15 is 0 Å². The van der Waals surface area contributed by atoms with Crippen LogP contribution in [0, 0.1) is 0 Å². The van der Waals surface area contributed by atoms with E-state index in [0.29, 0.717) is 5.75 Å². The molecule has 2 aromatic carbocycles. The van der Waals surface area contributed by atoms with Crippen LogP contribution in [0.25, 0.3) is 0 Å². The van der Waals surface area contributed by atoms with E-state index in [0.717, 1.165) is 17.7 Å². The molecule has 0 saturated heterocycles. The van der Waals surface area contributed by atoms with Crippen molar-refractivity contribution in [3.8, 4) is 17.4 Å². The minimum atomic E-state index is -4.81. The molecule has 35 heavy (non-hydrogen) atoms. The standard InChI is InChI=1S/C25H24F3N3O4/c1-24(2,3)18-7-4-5-9-20(18)34-23-19(8-6-14-29-23)31-22(33)15-21(32)30-16-10-12-17(13-11-16)35-25(26,27)28/h4-14H,15H2,1-3H3,(H,30,32)(H,31,33). The van der Waals surface area contributed by atoms with Crippen molar-refractivity contribution in [2.45, 2.75) is 39.0 Å². The van der Waals surface area contributed by atoms with Crippen molar-refractivity contribution in [3.05, 3.63) is 72.4 Å². The Hall–Kier alpha value is -4.08. The van der Waals surface area contributed by atoms with Gasteiger partial charge in [-0.15, -0.1) is 13.2 Å². The highest BCUT2D eigenvalue weighted by atomic mass is 19.4. The fourth-order valence-corrected chi connectivity index (χ4v) is 3.13. The molecule has 1 aromatic heterocycles. The second kappa shape index (κ2) is 10.5. The Labute approximate surface area is 200 Å². The number of anilines is 2. The molecule has 0 atom stereocenters. The number of benzene rings is 2. The van der Waals surface area contributed by atoms with E-state index < -0.39 is 30.3 Å². The van der Waals surface area contributed by atoms with E-state index in [1.807, 2.05) is 39.0 Å². The minimum absolute atomic E-state index is 0.165. The van der Waals surface area contributed by atoms with Crippen molar-refractivity contribution < 1.29 is 32.2 Å². The molecule has 7 nitrogen and oxygen atoms in total. The summed E-state index contributed by atoms with van der Waals surface area (Å²) < 4.78 is 46.5. The second-order valence-electron chi connectivity index (χ2n) is 8.55. The lowest BCUT2D eigenvalue weighted by atomic mass is 9.86. The largest absolute Gasteiger partial charge is 0.573 e. The Morgan fingerprint density at radius 3 is 2.20 bits per heavy atom. The predicted molar refractivity (Wildman–Crippen MR) is 124 cm³/mol. The average molecular weight is 487 g/mol. The maximum absolute atomic E-state index is 12.5. The van der Waals surface area contributed by atoms with E-state index in [9.17, 15) is 22.8 Å². The molecule has 0 unspecified atom stereocenters. The van der Waals surface area contributed by atoms with Crippen LogP contribution in [0.3, 0.4) is 0 Å². The third kappa shape index (κ3) is 7.73. The van der Waals surface area contributed by atoms with Gasteiger partial charge in [0, 0.05) is 17.4 Å². The van der Waals surface area contributed by atoms with Crippen LogP contribution in [0.15, 0.2) is 66.9 Å². The Bertz CT molecular complexity index is 1190. The highest BCUT2D eigenvalue weighted by Crippen LogP contribution is 2.35. The molecule has 2 N–H and O–H groups in total. The van der Waals surface area contributed by atoms with E-state index in [1.165, 1.54) is 18.3 Å². The second-order valence-corrected chi connectivity index (χ2v) is 8.55. The van der Waals surface area contributed by atoms with Crippen molar-refractivity contribution in [2.75, 3.05) is 10.6 Å². The average Bonchev–Trinajstić information content (AvgIpc) is 2.75. The number of alkyl halides is 3. The summed E-state index contributed by atoms with van der Waals surface area (Å²) in [6.07, 6.45) is -3.83. The number of hydrogen-bond acceptors (Lipinski definition) is 5. The summed E-state index contributed by atoms with van der Waals surface area (Å²) in [5.74, 6) is -0.952. The van der Waals surface area contributed by atoms with Gasteiger partial charge in [0.05, 0.1) is 0 Å². The van der Waals surface area contributed by atoms with Crippen molar-refractivity contribution in [2.24, 2.45) is 0 Å². The van der Waals surface area contributed by atoms with Crippen LogP contribution < -0.4 is 20.1 Å². The van der Waals surface area contributed by atoms with Gasteiger partial charge >= 0.3 is 6.36 Å². The number of carbonyl (C=O) groups is 2. The zero-order valence-corrected chi connectivity index (χ0v) is 19.3. The molecule has 0 aliphatic rings. The van der Waals surface area contributed by atoms with Crippen LogP contribution in [-0.2, 0) is 15.0 Å². The van der Waals surface area contributed by atoms with Gasteiger partial charge in [-0.2, -0.15) is 0 Å². The molecule has 184 valence electrons. The van der Waals surface area contributed by atoms with Gasteiger partial charge in [-0.3, -0.25) is 9.59 Å². The summed E-state index contributed by atoms with van der Waals surface area (Å²) in [5.41, 5.74) is 1.25. The number of halogens is 3. The first-order chi connectivity index (χ1) is 16.4. The number of ether oxygens (including phenoxy) is 2. The molecule has 3 aromatic rings. The maximum atomic E-state index is 12.5. The molecule has 0 spiro atoms. The van der Waals surface area contributed by atoms with Gasteiger partial charge in [-0.1, -0.05) is 39.0 Å². The van der Waals surface area contributed by atoms with Crippen molar-refractivity contribution in [1.29, 1.82) is 0 Å². The molecule has 0 radical (unpaired) electrons.